The standard InChI is InChI=1S/C11H10ClN3O/c1-15-6-7(2-5-10(15)16)11-8(13)3-4-9(12)14-11/h2-6H,13H2,1H3. The maximum Gasteiger partial charge on any atom is 0.250 e. The Morgan fingerprint density at radius 3 is 2.75 bits per heavy atom. The first-order valence-electron chi connectivity index (χ1n) is 4.67. The van der Waals surface area contributed by atoms with Gasteiger partial charge in [-0.15, -0.1) is 0 Å². The monoisotopic (exact) mass is 235 g/mol. The first-order chi connectivity index (χ1) is 7.58. The molecule has 2 aromatic heterocycles. The Kier molecular flexibility index (Phi) is 2.66. The van der Waals surface area contributed by atoms with E-state index in [1.54, 1.807) is 31.4 Å². The average Bonchev–Trinajstić information content (AvgIpc) is 2.26. The largest absolute Gasteiger partial charge is 0.397 e. The molecule has 0 radical (unpaired) electrons. The van der Waals surface area contributed by atoms with Crippen molar-refractivity contribution in [3.63, 3.8) is 0 Å². The van der Waals surface area contributed by atoms with E-state index in [2.05, 4.69) is 4.98 Å². The van der Waals surface area contributed by atoms with E-state index in [9.17, 15) is 4.79 Å². The van der Waals surface area contributed by atoms with Crippen LogP contribution in [0.4, 0.5) is 5.69 Å². The summed E-state index contributed by atoms with van der Waals surface area (Å²) in [5.41, 5.74) is 7.60. The SMILES string of the molecule is Cn1cc(-c2nc(Cl)ccc2N)ccc1=O. The van der Waals surface area contributed by atoms with Crippen LogP contribution in [0.3, 0.4) is 0 Å². The summed E-state index contributed by atoms with van der Waals surface area (Å²) in [5.74, 6) is 0. The molecular weight excluding hydrogens is 226 g/mol. The molecule has 2 N–H and O–H groups in total. The van der Waals surface area contributed by atoms with Gasteiger partial charge in [-0.05, 0) is 18.2 Å². The lowest BCUT2D eigenvalue weighted by Gasteiger charge is -2.06. The summed E-state index contributed by atoms with van der Waals surface area (Å²) in [6.07, 6.45) is 1.68. The summed E-state index contributed by atoms with van der Waals surface area (Å²) in [6, 6.07) is 6.47. The molecule has 0 unspecified atom stereocenters. The minimum absolute atomic E-state index is 0.0793. The van der Waals surface area contributed by atoms with E-state index >= 15 is 0 Å². The summed E-state index contributed by atoms with van der Waals surface area (Å²) >= 11 is 5.80. The number of hydrogen-bond donors (Lipinski definition) is 1. The van der Waals surface area contributed by atoms with Crippen molar-refractivity contribution in [1.29, 1.82) is 0 Å². The van der Waals surface area contributed by atoms with Gasteiger partial charge in [-0.2, -0.15) is 0 Å². The zero-order valence-corrected chi connectivity index (χ0v) is 9.40. The highest BCUT2D eigenvalue weighted by Crippen LogP contribution is 2.24. The number of nitrogens with zero attached hydrogens (tertiary/aromatic N) is 2. The molecule has 0 aliphatic carbocycles. The highest BCUT2D eigenvalue weighted by Gasteiger charge is 2.06. The third-order valence-corrected chi connectivity index (χ3v) is 2.46. The topological polar surface area (TPSA) is 60.9 Å². The van der Waals surface area contributed by atoms with Gasteiger partial charge in [0.2, 0.25) is 5.56 Å². The molecule has 0 aliphatic rings. The molecule has 0 saturated heterocycles. The van der Waals surface area contributed by atoms with Crippen LogP contribution in [0.1, 0.15) is 0 Å². The predicted molar refractivity (Wildman–Crippen MR) is 64.3 cm³/mol. The number of aromatic nitrogens is 2. The minimum atomic E-state index is -0.0793. The molecule has 0 fully saturated rings. The molecule has 0 spiro atoms. The third kappa shape index (κ3) is 1.92. The molecular formula is C11H10ClN3O. The molecule has 2 rings (SSSR count). The van der Waals surface area contributed by atoms with Gasteiger partial charge in [0.05, 0.1) is 11.4 Å². The first-order valence-corrected chi connectivity index (χ1v) is 5.05. The van der Waals surface area contributed by atoms with Crippen molar-refractivity contribution in [2.45, 2.75) is 0 Å². The highest BCUT2D eigenvalue weighted by atomic mass is 35.5. The molecule has 0 amide bonds. The lowest BCUT2D eigenvalue weighted by Crippen LogP contribution is -2.14. The molecule has 0 aromatic carbocycles. The van der Waals surface area contributed by atoms with Gasteiger partial charge in [-0.3, -0.25) is 4.79 Å². The maximum atomic E-state index is 11.2. The second-order valence-electron chi connectivity index (χ2n) is 3.44. The molecule has 4 nitrogen and oxygen atoms in total. The fourth-order valence-electron chi connectivity index (χ4n) is 1.41. The molecule has 0 aliphatic heterocycles. The molecule has 2 heterocycles. The Morgan fingerprint density at radius 1 is 1.31 bits per heavy atom. The van der Waals surface area contributed by atoms with Crippen molar-refractivity contribution in [1.82, 2.24) is 9.55 Å². The third-order valence-electron chi connectivity index (χ3n) is 2.25. The van der Waals surface area contributed by atoms with Crippen molar-refractivity contribution in [3.8, 4) is 11.3 Å². The minimum Gasteiger partial charge on any atom is -0.397 e. The summed E-state index contributed by atoms with van der Waals surface area (Å²) in [5, 5.41) is 0.373. The second kappa shape index (κ2) is 3.98. The number of nitrogens with two attached hydrogens (primary N) is 1. The Labute approximate surface area is 97.3 Å². The number of nitrogen functional groups attached to an aromatic ring is 1. The number of hydrogen-bond acceptors (Lipinski definition) is 3. The van der Waals surface area contributed by atoms with Gasteiger partial charge in [-0.1, -0.05) is 11.6 Å². The maximum absolute atomic E-state index is 11.2. The van der Waals surface area contributed by atoms with Crippen molar-refractivity contribution < 1.29 is 0 Å². The van der Waals surface area contributed by atoms with Gasteiger partial charge < -0.3 is 10.3 Å². The predicted octanol–water partition coefficient (Wildman–Crippen LogP) is 1.68. The van der Waals surface area contributed by atoms with E-state index in [0.717, 1.165) is 5.56 Å². The van der Waals surface area contributed by atoms with Crippen molar-refractivity contribution in [3.05, 3.63) is 46.0 Å². The smallest absolute Gasteiger partial charge is 0.250 e. The van der Waals surface area contributed by atoms with Gasteiger partial charge in [-0.25, -0.2) is 4.98 Å². The van der Waals surface area contributed by atoms with E-state index in [-0.39, 0.29) is 5.56 Å². The van der Waals surface area contributed by atoms with Crippen LogP contribution < -0.4 is 11.3 Å². The van der Waals surface area contributed by atoms with E-state index in [1.807, 2.05) is 0 Å². The molecule has 0 bridgehead atoms. The van der Waals surface area contributed by atoms with Gasteiger partial charge in [0.25, 0.3) is 0 Å². The average molecular weight is 236 g/mol. The van der Waals surface area contributed by atoms with E-state index < -0.39 is 0 Å². The molecule has 82 valence electrons. The number of halogens is 1. The van der Waals surface area contributed by atoms with E-state index in [1.165, 1.54) is 10.6 Å². The zero-order valence-electron chi connectivity index (χ0n) is 8.64. The van der Waals surface area contributed by atoms with Crippen LogP contribution in [-0.4, -0.2) is 9.55 Å². The van der Waals surface area contributed by atoms with E-state index in [0.29, 0.717) is 16.5 Å². The van der Waals surface area contributed by atoms with Crippen LogP contribution in [0.25, 0.3) is 11.3 Å². The second-order valence-corrected chi connectivity index (χ2v) is 3.83. The number of rotatable bonds is 1. The van der Waals surface area contributed by atoms with Crippen molar-refractivity contribution in [2.75, 3.05) is 5.73 Å². The number of anilines is 1. The Morgan fingerprint density at radius 2 is 2.06 bits per heavy atom. The zero-order chi connectivity index (χ0) is 11.7. The normalized spacial score (nSPS) is 10.4. The fourth-order valence-corrected chi connectivity index (χ4v) is 1.56. The first kappa shape index (κ1) is 10.7. The lowest BCUT2D eigenvalue weighted by molar-refractivity contribution is 0.861. The number of aryl methyl sites for hydroxylation is 1. The van der Waals surface area contributed by atoms with Crippen LogP contribution in [0, 0.1) is 0 Å². The molecule has 0 atom stereocenters. The fraction of sp³-hybridized carbons (Fsp3) is 0.0909. The summed E-state index contributed by atoms with van der Waals surface area (Å²) in [7, 11) is 1.67. The summed E-state index contributed by atoms with van der Waals surface area (Å²) < 4.78 is 1.47. The quantitative estimate of drug-likeness (QED) is 0.765. The lowest BCUT2D eigenvalue weighted by atomic mass is 10.1. The Balaban J connectivity index is 2.62. The summed E-state index contributed by atoms with van der Waals surface area (Å²) in [6.45, 7) is 0. The van der Waals surface area contributed by atoms with Crippen LogP contribution in [0.2, 0.25) is 5.15 Å². The summed E-state index contributed by atoms with van der Waals surface area (Å²) in [4.78, 5) is 15.4. The van der Waals surface area contributed by atoms with E-state index in [4.69, 9.17) is 17.3 Å². The molecule has 5 heteroatoms. The Hall–Kier alpha value is -1.81. The van der Waals surface area contributed by atoms with Gasteiger partial charge in [0.1, 0.15) is 5.15 Å². The van der Waals surface area contributed by atoms with Crippen LogP contribution >= 0.6 is 11.6 Å². The molecule has 2 aromatic rings. The Bertz CT molecular complexity index is 592. The van der Waals surface area contributed by atoms with Crippen LogP contribution in [-0.2, 0) is 7.05 Å². The molecule has 16 heavy (non-hydrogen) atoms. The van der Waals surface area contributed by atoms with Gasteiger partial charge in [0, 0.05) is 24.9 Å². The van der Waals surface area contributed by atoms with Gasteiger partial charge >= 0.3 is 0 Å². The van der Waals surface area contributed by atoms with Crippen molar-refractivity contribution in [2.24, 2.45) is 7.05 Å². The van der Waals surface area contributed by atoms with Crippen molar-refractivity contribution >= 4 is 17.3 Å². The molecule has 0 saturated carbocycles. The highest BCUT2D eigenvalue weighted by molar-refractivity contribution is 6.29. The van der Waals surface area contributed by atoms with Crippen LogP contribution in [0.5, 0.6) is 0 Å². The number of pyridine rings is 2. The van der Waals surface area contributed by atoms with Crippen LogP contribution in [0.15, 0.2) is 35.3 Å². The van der Waals surface area contributed by atoms with Gasteiger partial charge in [0.15, 0.2) is 0 Å².